The summed E-state index contributed by atoms with van der Waals surface area (Å²) in [4.78, 5) is 26.0. The number of hydrogen-bond donors (Lipinski definition) is 2. The van der Waals surface area contributed by atoms with E-state index in [0.717, 1.165) is 0 Å². The van der Waals surface area contributed by atoms with E-state index in [1.54, 1.807) is 6.07 Å². The maximum Gasteiger partial charge on any atom is 0.198 e. The van der Waals surface area contributed by atoms with E-state index in [2.05, 4.69) is 0 Å². The summed E-state index contributed by atoms with van der Waals surface area (Å²) in [6, 6.07) is 4.33. The van der Waals surface area contributed by atoms with Crippen molar-refractivity contribution in [2.75, 3.05) is 21.3 Å². The number of carbonyl (C=O) groups is 2. The number of aromatic hydroxyl groups is 2. The Labute approximate surface area is 149 Å². The molecule has 136 valence electrons. The minimum Gasteiger partial charge on any atom is -0.507 e. The van der Waals surface area contributed by atoms with Gasteiger partial charge in [0.05, 0.1) is 37.0 Å². The van der Waals surface area contributed by atoms with Crippen LogP contribution >= 0.6 is 0 Å². The normalized spacial score (nSPS) is 12.7. The number of rotatable bonds is 5. The van der Waals surface area contributed by atoms with Crippen LogP contribution in [0.2, 0.25) is 0 Å². The Hall–Kier alpha value is -2.90. The zero-order valence-corrected chi connectivity index (χ0v) is 14.6. The standard InChI is InChI=1S/C19H18O7/c1-24-7-9-4-5-10-15(19(9)26-3)17(22)11-6-13(20)12(8-25-2)18(23)14(11)16(10)21/h4-6,20,23H,7-8H2,1-3H3. The fraction of sp³-hybridized carbons (Fsp3) is 0.263. The zero-order chi connectivity index (χ0) is 19.0. The van der Waals surface area contributed by atoms with E-state index in [1.807, 2.05) is 0 Å². The molecule has 3 rings (SSSR count). The number of ketones is 2. The van der Waals surface area contributed by atoms with Crippen LogP contribution in [0.3, 0.4) is 0 Å². The first-order valence-corrected chi connectivity index (χ1v) is 7.81. The van der Waals surface area contributed by atoms with Crippen LogP contribution in [0.25, 0.3) is 0 Å². The van der Waals surface area contributed by atoms with Crippen LogP contribution in [0.15, 0.2) is 18.2 Å². The molecule has 0 aliphatic heterocycles. The van der Waals surface area contributed by atoms with Gasteiger partial charge >= 0.3 is 0 Å². The molecule has 2 N–H and O–H groups in total. The monoisotopic (exact) mass is 358 g/mol. The summed E-state index contributed by atoms with van der Waals surface area (Å²) in [5.74, 6) is -1.57. The van der Waals surface area contributed by atoms with Crippen molar-refractivity contribution >= 4 is 11.6 Å². The molecule has 0 bridgehead atoms. The van der Waals surface area contributed by atoms with Gasteiger partial charge in [-0.1, -0.05) is 6.07 Å². The van der Waals surface area contributed by atoms with Gasteiger partial charge in [-0.25, -0.2) is 0 Å². The molecule has 0 saturated heterocycles. The number of phenolic OH excluding ortho intramolecular Hbond substituents is 2. The smallest absolute Gasteiger partial charge is 0.198 e. The van der Waals surface area contributed by atoms with Crippen molar-refractivity contribution in [1.82, 2.24) is 0 Å². The van der Waals surface area contributed by atoms with Crippen LogP contribution in [0.1, 0.15) is 43.0 Å². The van der Waals surface area contributed by atoms with Crippen molar-refractivity contribution in [3.63, 3.8) is 0 Å². The minimum absolute atomic E-state index is 0.0545. The van der Waals surface area contributed by atoms with Gasteiger partial charge in [0.25, 0.3) is 0 Å². The number of carbonyl (C=O) groups excluding carboxylic acids is 2. The van der Waals surface area contributed by atoms with Crippen LogP contribution in [0, 0.1) is 0 Å². The first-order chi connectivity index (χ1) is 12.5. The van der Waals surface area contributed by atoms with Crippen molar-refractivity contribution in [3.8, 4) is 17.2 Å². The van der Waals surface area contributed by atoms with Crippen LogP contribution in [0.5, 0.6) is 17.2 Å². The number of benzene rings is 2. The molecule has 0 saturated carbocycles. The topological polar surface area (TPSA) is 102 Å². The highest BCUT2D eigenvalue weighted by Crippen LogP contribution is 2.42. The third kappa shape index (κ3) is 2.53. The highest BCUT2D eigenvalue weighted by molar-refractivity contribution is 6.30. The van der Waals surface area contributed by atoms with Gasteiger partial charge in [-0.2, -0.15) is 0 Å². The summed E-state index contributed by atoms with van der Waals surface area (Å²) in [5, 5.41) is 20.6. The summed E-state index contributed by atoms with van der Waals surface area (Å²) in [6.45, 7) is 0.101. The van der Waals surface area contributed by atoms with E-state index in [9.17, 15) is 19.8 Å². The van der Waals surface area contributed by atoms with Crippen molar-refractivity contribution in [2.24, 2.45) is 0 Å². The Morgan fingerprint density at radius 2 is 1.54 bits per heavy atom. The lowest BCUT2D eigenvalue weighted by Gasteiger charge is -2.23. The summed E-state index contributed by atoms with van der Waals surface area (Å²) in [7, 11) is 4.30. The molecule has 7 heteroatoms. The van der Waals surface area contributed by atoms with Gasteiger partial charge < -0.3 is 24.4 Å². The average molecular weight is 358 g/mol. The van der Waals surface area contributed by atoms with Gasteiger partial charge in [0.1, 0.15) is 17.2 Å². The number of hydrogen-bond acceptors (Lipinski definition) is 7. The third-order valence-electron chi connectivity index (χ3n) is 4.36. The lowest BCUT2D eigenvalue weighted by atomic mass is 9.81. The number of fused-ring (bicyclic) bond motifs is 2. The summed E-state index contributed by atoms with van der Waals surface area (Å²) in [6.07, 6.45) is 0. The lowest BCUT2D eigenvalue weighted by Crippen LogP contribution is -2.23. The second-order valence-electron chi connectivity index (χ2n) is 5.85. The molecule has 0 atom stereocenters. The fourth-order valence-electron chi connectivity index (χ4n) is 3.20. The predicted molar refractivity (Wildman–Crippen MR) is 91.1 cm³/mol. The second kappa shape index (κ2) is 6.78. The summed E-state index contributed by atoms with van der Waals surface area (Å²) in [5.41, 5.74) is 0.669. The van der Waals surface area contributed by atoms with E-state index >= 15 is 0 Å². The molecule has 0 spiro atoms. The van der Waals surface area contributed by atoms with Crippen LogP contribution in [0.4, 0.5) is 0 Å². The van der Waals surface area contributed by atoms with Gasteiger partial charge in [0.15, 0.2) is 11.6 Å². The second-order valence-corrected chi connectivity index (χ2v) is 5.85. The Balaban J connectivity index is 2.28. The molecule has 1 aliphatic carbocycles. The van der Waals surface area contributed by atoms with Gasteiger partial charge in [-0.3, -0.25) is 9.59 Å². The quantitative estimate of drug-likeness (QED) is 0.720. The minimum atomic E-state index is -0.522. The molecule has 0 unspecified atom stereocenters. The maximum atomic E-state index is 13.0. The fourth-order valence-corrected chi connectivity index (χ4v) is 3.20. The molecule has 0 amide bonds. The van der Waals surface area contributed by atoms with Crippen LogP contribution in [-0.4, -0.2) is 43.1 Å². The van der Waals surface area contributed by atoms with Gasteiger partial charge in [-0.15, -0.1) is 0 Å². The van der Waals surface area contributed by atoms with Crippen LogP contribution in [-0.2, 0) is 22.7 Å². The Kier molecular flexibility index (Phi) is 4.67. The molecule has 0 radical (unpaired) electrons. The molecule has 2 aromatic rings. The van der Waals surface area contributed by atoms with E-state index in [4.69, 9.17) is 14.2 Å². The molecule has 26 heavy (non-hydrogen) atoms. The molecule has 0 aromatic heterocycles. The largest absolute Gasteiger partial charge is 0.507 e. The van der Waals surface area contributed by atoms with Gasteiger partial charge in [-0.05, 0) is 12.1 Å². The highest BCUT2D eigenvalue weighted by Gasteiger charge is 2.37. The van der Waals surface area contributed by atoms with Crippen molar-refractivity contribution in [3.05, 3.63) is 51.6 Å². The molecule has 0 fully saturated rings. The molecular weight excluding hydrogens is 340 g/mol. The Bertz CT molecular complexity index is 915. The number of ether oxygens (including phenoxy) is 3. The van der Waals surface area contributed by atoms with Crippen LogP contribution < -0.4 is 4.74 Å². The number of phenols is 2. The van der Waals surface area contributed by atoms with E-state index < -0.39 is 17.3 Å². The third-order valence-corrected chi connectivity index (χ3v) is 4.36. The van der Waals surface area contributed by atoms with Gasteiger partial charge in [0.2, 0.25) is 0 Å². The Morgan fingerprint density at radius 3 is 2.15 bits per heavy atom. The predicted octanol–water partition coefficient (Wildman–Crippen LogP) is 2.17. The molecule has 7 nitrogen and oxygen atoms in total. The van der Waals surface area contributed by atoms with Crippen molar-refractivity contribution in [1.29, 1.82) is 0 Å². The van der Waals surface area contributed by atoms with Crippen molar-refractivity contribution < 1.29 is 34.0 Å². The first kappa shape index (κ1) is 17.9. The molecule has 0 heterocycles. The SMILES string of the molecule is COCc1ccc2c(c1OC)C(=O)c1cc(O)c(COC)c(O)c1C2=O. The first-order valence-electron chi connectivity index (χ1n) is 7.81. The zero-order valence-electron chi connectivity index (χ0n) is 14.6. The average Bonchev–Trinajstić information content (AvgIpc) is 2.62. The van der Waals surface area contributed by atoms with Gasteiger partial charge in [0, 0.05) is 30.9 Å². The lowest BCUT2D eigenvalue weighted by molar-refractivity contribution is 0.0972. The summed E-state index contributed by atoms with van der Waals surface area (Å²) < 4.78 is 15.4. The van der Waals surface area contributed by atoms with E-state index in [0.29, 0.717) is 5.56 Å². The summed E-state index contributed by atoms with van der Waals surface area (Å²) >= 11 is 0. The molecular formula is C19H18O7. The highest BCUT2D eigenvalue weighted by atomic mass is 16.5. The Morgan fingerprint density at radius 1 is 0.885 bits per heavy atom. The molecule has 1 aliphatic rings. The van der Waals surface area contributed by atoms with Crippen molar-refractivity contribution in [2.45, 2.75) is 13.2 Å². The number of methoxy groups -OCH3 is 3. The molecule has 2 aromatic carbocycles. The van der Waals surface area contributed by atoms with E-state index in [1.165, 1.54) is 33.5 Å². The maximum absolute atomic E-state index is 13.0. The van der Waals surface area contributed by atoms with E-state index in [-0.39, 0.29) is 52.5 Å².